The number of fused-ring (bicyclic) bond motifs is 1. The van der Waals surface area contributed by atoms with Gasteiger partial charge >= 0.3 is 12.1 Å². The van der Waals surface area contributed by atoms with Crippen LogP contribution in [0.1, 0.15) is 66.2 Å². The van der Waals surface area contributed by atoms with Crippen molar-refractivity contribution in [1.82, 2.24) is 15.1 Å². The highest BCUT2D eigenvalue weighted by molar-refractivity contribution is 5.85. The van der Waals surface area contributed by atoms with E-state index in [4.69, 9.17) is 9.47 Å². The lowest BCUT2D eigenvalue weighted by Crippen LogP contribution is -2.58. The second kappa shape index (κ2) is 13.4. The van der Waals surface area contributed by atoms with Crippen LogP contribution in [0.15, 0.2) is 12.2 Å². The number of ketones is 1. The number of amides is 2. The molecule has 9 nitrogen and oxygen atoms in total. The molecule has 1 saturated carbocycles. The highest BCUT2D eigenvalue weighted by atomic mass is 16.5. The van der Waals surface area contributed by atoms with Crippen LogP contribution in [0, 0.1) is 23.2 Å². The zero-order valence-electron chi connectivity index (χ0n) is 23.0. The largest absolute Gasteiger partial charge is 0.464 e. The van der Waals surface area contributed by atoms with Gasteiger partial charge in [-0.25, -0.2) is 4.79 Å². The average Bonchev–Trinajstić information content (AvgIpc) is 3.49. The van der Waals surface area contributed by atoms with Gasteiger partial charge in [0.2, 0.25) is 5.91 Å². The quantitative estimate of drug-likeness (QED) is 0.349. The fourth-order valence-electron chi connectivity index (χ4n) is 5.29. The Morgan fingerprint density at radius 1 is 0.973 bits per heavy atom. The number of alkyl carbamates (subject to hydrolysis) is 1. The number of carbonyl (C=O) groups excluding carboxylic acids is 4. The maximum absolute atomic E-state index is 12.9. The number of ether oxygens (including phenoxy) is 2. The molecule has 208 valence electrons. The molecule has 0 spiro atoms. The SMILES string of the molecule is CCC(=O)OCC1CN(C(=O)CCNC(=O)OCC2[C@H]3CCC=CCC[C@@H]23)CCN1CC(=O)C(C)(C)C. The number of hydrogen-bond acceptors (Lipinski definition) is 7. The summed E-state index contributed by atoms with van der Waals surface area (Å²) in [5, 5.41) is 2.71. The summed E-state index contributed by atoms with van der Waals surface area (Å²) in [6.07, 6.45) is 9.02. The van der Waals surface area contributed by atoms with E-state index >= 15 is 0 Å². The summed E-state index contributed by atoms with van der Waals surface area (Å²) in [7, 11) is 0. The first-order valence-corrected chi connectivity index (χ1v) is 13.9. The van der Waals surface area contributed by atoms with Gasteiger partial charge in [0.15, 0.2) is 5.78 Å². The molecular weight excluding hydrogens is 474 g/mol. The van der Waals surface area contributed by atoms with E-state index in [9.17, 15) is 19.2 Å². The van der Waals surface area contributed by atoms with E-state index in [0.29, 0.717) is 44.0 Å². The van der Waals surface area contributed by atoms with Gasteiger partial charge in [-0.3, -0.25) is 19.3 Å². The van der Waals surface area contributed by atoms with Crippen LogP contribution >= 0.6 is 0 Å². The molecule has 0 aromatic heterocycles. The van der Waals surface area contributed by atoms with Crippen molar-refractivity contribution in [2.24, 2.45) is 23.2 Å². The van der Waals surface area contributed by atoms with Crippen LogP contribution in [-0.4, -0.2) is 85.5 Å². The van der Waals surface area contributed by atoms with E-state index in [1.807, 2.05) is 25.7 Å². The van der Waals surface area contributed by atoms with Crippen molar-refractivity contribution >= 4 is 23.8 Å². The number of nitrogens with zero attached hydrogens (tertiary/aromatic N) is 2. The molecule has 37 heavy (non-hydrogen) atoms. The molecule has 9 heteroatoms. The van der Waals surface area contributed by atoms with Gasteiger partial charge in [-0.05, 0) is 43.4 Å². The third-order valence-corrected chi connectivity index (χ3v) is 7.89. The number of esters is 1. The second-order valence-electron chi connectivity index (χ2n) is 11.6. The van der Waals surface area contributed by atoms with Crippen LogP contribution in [0.2, 0.25) is 0 Å². The molecule has 1 heterocycles. The van der Waals surface area contributed by atoms with Crippen molar-refractivity contribution in [1.29, 1.82) is 0 Å². The van der Waals surface area contributed by atoms with Gasteiger partial charge < -0.3 is 19.7 Å². The van der Waals surface area contributed by atoms with Crippen LogP contribution in [0.5, 0.6) is 0 Å². The van der Waals surface area contributed by atoms with Crippen molar-refractivity contribution in [3.05, 3.63) is 12.2 Å². The zero-order chi connectivity index (χ0) is 27.0. The fourth-order valence-corrected chi connectivity index (χ4v) is 5.29. The molecule has 0 aromatic carbocycles. The van der Waals surface area contributed by atoms with Gasteiger partial charge in [-0.2, -0.15) is 0 Å². The first kappa shape index (κ1) is 29.1. The summed E-state index contributed by atoms with van der Waals surface area (Å²) >= 11 is 0. The van der Waals surface area contributed by atoms with E-state index in [1.165, 1.54) is 12.8 Å². The molecule has 4 atom stereocenters. The fraction of sp³-hybridized carbons (Fsp3) is 0.786. The van der Waals surface area contributed by atoms with Crippen molar-refractivity contribution in [3.8, 4) is 0 Å². The Hall–Kier alpha value is -2.42. The van der Waals surface area contributed by atoms with Gasteiger partial charge in [-0.15, -0.1) is 0 Å². The first-order valence-electron chi connectivity index (χ1n) is 13.9. The summed E-state index contributed by atoms with van der Waals surface area (Å²) < 4.78 is 10.8. The highest BCUT2D eigenvalue weighted by Crippen LogP contribution is 2.52. The summed E-state index contributed by atoms with van der Waals surface area (Å²) in [4.78, 5) is 53.1. The Kier molecular flexibility index (Phi) is 10.6. The molecule has 0 bridgehead atoms. The van der Waals surface area contributed by atoms with Gasteiger partial charge in [0.05, 0.1) is 19.2 Å². The molecule has 2 unspecified atom stereocenters. The van der Waals surface area contributed by atoms with Gasteiger partial charge in [0, 0.05) is 44.4 Å². The summed E-state index contributed by atoms with van der Waals surface area (Å²) in [5.74, 6) is 1.52. The van der Waals surface area contributed by atoms with E-state index in [0.717, 1.165) is 12.8 Å². The molecule has 2 fully saturated rings. The minimum atomic E-state index is -0.472. The summed E-state index contributed by atoms with van der Waals surface area (Å²) in [6, 6.07) is -0.247. The van der Waals surface area contributed by atoms with Crippen LogP contribution in [0.3, 0.4) is 0 Å². The number of carbonyl (C=O) groups is 4. The summed E-state index contributed by atoms with van der Waals surface area (Å²) in [6.45, 7) is 9.82. The van der Waals surface area contributed by atoms with Crippen LogP contribution in [0.4, 0.5) is 4.79 Å². The molecule has 3 rings (SSSR count). The Morgan fingerprint density at radius 2 is 1.65 bits per heavy atom. The van der Waals surface area contributed by atoms with E-state index in [2.05, 4.69) is 17.5 Å². The number of nitrogens with one attached hydrogen (secondary N) is 1. The molecule has 0 aromatic rings. The number of hydrogen-bond donors (Lipinski definition) is 1. The minimum Gasteiger partial charge on any atom is -0.464 e. The standard InChI is InChI=1S/C28H45N3O6/c1-5-26(34)36-18-20-16-31(15-14-30(20)17-24(32)28(2,3)4)25(33)12-13-29-27(35)37-19-23-21-10-8-6-7-9-11-22(21)23/h6-7,20-23H,5,8-19H2,1-4H3,(H,29,35)/t20?,21-,22+,23?. The van der Waals surface area contributed by atoms with Crippen LogP contribution in [-0.2, 0) is 23.9 Å². The minimum absolute atomic E-state index is 0.0814. The predicted molar refractivity (Wildman–Crippen MR) is 140 cm³/mol. The van der Waals surface area contributed by atoms with Crippen molar-refractivity contribution in [2.75, 3.05) is 45.9 Å². The lowest BCUT2D eigenvalue weighted by Gasteiger charge is -2.41. The van der Waals surface area contributed by atoms with Crippen molar-refractivity contribution in [3.63, 3.8) is 0 Å². The van der Waals surface area contributed by atoms with Crippen molar-refractivity contribution < 1.29 is 28.7 Å². The predicted octanol–water partition coefficient (Wildman–Crippen LogP) is 3.18. The Balaban J connectivity index is 1.40. The zero-order valence-corrected chi connectivity index (χ0v) is 23.0. The summed E-state index contributed by atoms with van der Waals surface area (Å²) in [5.41, 5.74) is -0.467. The highest BCUT2D eigenvalue weighted by Gasteiger charge is 2.49. The van der Waals surface area contributed by atoms with Gasteiger partial charge in [-0.1, -0.05) is 39.8 Å². The molecule has 2 aliphatic carbocycles. The maximum Gasteiger partial charge on any atom is 0.407 e. The third-order valence-electron chi connectivity index (χ3n) is 7.89. The number of allylic oxidation sites excluding steroid dienone is 2. The molecule has 1 saturated heterocycles. The molecule has 2 amide bonds. The van der Waals surface area contributed by atoms with Crippen LogP contribution < -0.4 is 5.32 Å². The Bertz CT molecular complexity index is 835. The van der Waals surface area contributed by atoms with E-state index < -0.39 is 11.5 Å². The molecule has 1 aliphatic heterocycles. The second-order valence-corrected chi connectivity index (χ2v) is 11.6. The first-order chi connectivity index (χ1) is 17.6. The van der Waals surface area contributed by atoms with Crippen LogP contribution in [0.25, 0.3) is 0 Å². The smallest absolute Gasteiger partial charge is 0.407 e. The number of piperazine rings is 1. The molecule has 3 aliphatic rings. The Morgan fingerprint density at radius 3 is 2.27 bits per heavy atom. The molecular formula is C28H45N3O6. The average molecular weight is 520 g/mol. The number of rotatable bonds is 10. The lowest BCUT2D eigenvalue weighted by atomic mass is 9.90. The molecule has 1 N–H and O–H groups in total. The monoisotopic (exact) mass is 519 g/mol. The number of Topliss-reactive ketones (excluding diaryl/α,β-unsaturated/α-hetero) is 1. The van der Waals surface area contributed by atoms with Crippen molar-refractivity contribution in [2.45, 2.75) is 72.3 Å². The van der Waals surface area contributed by atoms with E-state index in [1.54, 1.807) is 11.8 Å². The third kappa shape index (κ3) is 8.83. The topological polar surface area (TPSA) is 105 Å². The van der Waals surface area contributed by atoms with Gasteiger partial charge in [0.1, 0.15) is 6.61 Å². The lowest BCUT2D eigenvalue weighted by molar-refractivity contribution is -0.147. The maximum atomic E-state index is 12.9. The van der Waals surface area contributed by atoms with Gasteiger partial charge in [0.25, 0.3) is 0 Å². The Labute approximate surface area is 221 Å². The normalized spacial score (nSPS) is 25.9. The van der Waals surface area contributed by atoms with E-state index in [-0.39, 0.29) is 56.2 Å². The molecule has 0 radical (unpaired) electrons.